The highest BCUT2D eigenvalue weighted by molar-refractivity contribution is 5.93. The summed E-state index contributed by atoms with van der Waals surface area (Å²) in [5, 5.41) is 2.83. The Labute approximate surface area is 126 Å². The van der Waals surface area contributed by atoms with Gasteiger partial charge in [-0.1, -0.05) is 12.1 Å². The maximum Gasteiger partial charge on any atom is 0.252 e. The average molecular weight is 296 g/mol. The van der Waals surface area contributed by atoms with Gasteiger partial charge < -0.3 is 14.9 Å². The molecular weight excluding hydrogens is 280 g/mol. The number of carbonyl (C=O) groups is 1. The standard InChI is InChI=1S/C16H16N4O2/c21-15-7-6-12(10-18-15)16(22)17-8-3-9-20-11-19-13-4-1-2-5-14(13)20/h1-2,4-7,10-11H,3,8-9H2,(H,17,22)(H,18,21). The predicted molar refractivity (Wildman–Crippen MR) is 83.7 cm³/mol. The molecule has 3 rings (SSSR count). The third kappa shape index (κ3) is 3.06. The summed E-state index contributed by atoms with van der Waals surface area (Å²) in [7, 11) is 0. The van der Waals surface area contributed by atoms with Crippen molar-refractivity contribution in [2.75, 3.05) is 6.54 Å². The average Bonchev–Trinajstić information content (AvgIpc) is 2.95. The van der Waals surface area contributed by atoms with Crippen LogP contribution in [0.1, 0.15) is 16.8 Å². The SMILES string of the molecule is O=C(NCCCn1cnc2ccccc21)c1ccc(=O)[nH]c1. The number of aromatic amines is 1. The molecule has 6 heteroatoms. The first-order valence-electron chi connectivity index (χ1n) is 7.11. The molecule has 1 amide bonds. The van der Waals surface area contributed by atoms with Gasteiger partial charge in [-0.3, -0.25) is 9.59 Å². The van der Waals surface area contributed by atoms with Gasteiger partial charge in [-0.25, -0.2) is 4.98 Å². The fraction of sp³-hybridized carbons (Fsp3) is 0.188. The number of aryl methyl sites for hydroxylation is 1. The van der Waals surface area contributed by atoms with Gasteiger partial charge in [0, 0.05) is 25.4 Å². The Morgan fingerprint density at radius 3 is 2.91 bits per heavy atom. The first-order chi connectivity index (χ1) is 10.7. The van der Waals surface area contributed by atoms with Gasteiger partial charge >= 0.3 is 0 Å². The van der Waals surface area contributed by atoms with Crippen LogP contribution in [0.15, 0.2) is 53.7 Å². The van der Waals surface area contributed by atoms with Crippen LogP contribution in [-0.4, -0.2) is 27.0 Å². The molecule has 0 atom stereocenters. The van der Waals surface area contributed by atoms with Crippen LogP contribution >= 0.6 is 0 Å². The van der Waals surface area contributed by atoms with E-state index in [1.807, 2.05) is 30.6 Å². The number of carbonyl (C=O) groups excluding carboxylic acids is 1. The summed E-state index contributed by atoms with van der Waals surface area (Å²) in [6, 6.07) is 10.8. The zero-order chi connectivity index (χ0) is 15.4. The lowest BCUT2D eigenvalue weighted by atomic mass is 10.2. The monoisotopic (exact) mass is 296 g/mol. The van der Waals surface area contributed by atoms with Crippen molar-refractivity contribution in [3.63, 3.8) is 0 Å². The van der Waals surface area contributed by atoms with E-state index in [-0.39, 0.29) is 11.5 Å². The van der Waals surface area contributed by atoms with Crippen LogP contribution in [0.2, 0.25) is 0 Å². The number of pyridine rings is 1. The molecule has 6 nitrogen and oxygen atoms in total. The van der Waals surface area contributed by atoms with Crippen LogP contribution in [0.5, 0.6) is 0 Å². The summed E-state index contributed by atoms with van der Waals surface area (Å²) >= 11 is 0. The lowest BCUT2D eigenvalue weighted by molar-refractivity contribution is 0.0952. The molecule has 112 valence electrons. The number of para-hydroxylation sites is 2. The molecule has 0 aliphatic rings. The van der Waals surface area contributed by atoms with Gasteiger partial charge in [-0.15, -0.1) is 0 Å². The minimum absolute atomic E-state index is 0.188. The number of nitrogens with zero attached hydrogens (tertiary/aromatic N) is 2. The number of benzene rings is 1. The van der Waals surface area contributed by atoms with Crippen molar-refractivity contribution >= 4 is 16.9 Å². The molecule has 2 N–H and O–H groups in total. The summed E-state index contributed by atoms with van der Waals surface area (Å²) in [6.07, 6.45) is 4.03. The largest absolute Gasteiger partial charge is 0.352 e. The molecule has 0 spiro atoms. The molecular formula is C16H16N4O2. The fourth-order valence-corrected chi connectivity index (χ4v) is 2.29. The molecule has 0 bridgehead atoms. The zero-order valence-electron chi connectivity index (χ0n) is 12.0. The number of amides is 1. The summed E-state index contributed by atoms with van der Waals surface area (Å²) in [4.78, 5) is 29.6. The molecule has 0 aliphatic heterocycles. The Bertz CT molecular complexity index is 830. The van der Waals surface area contributed by atoms with E-state index in [2.05, 4.69) is 19.9 Å². The number of nitrogens with one attached hydrogen (secondary N) is 2. The lowest BCUT2D eigenvalue weighted by Crippen LogP contribution is -2.25. The molecule has 0 saturated heterocycles. The predicted octanol–water partition coefficient (Wildman–Crippen LogP) is 1.54. The molecule has 0 radical (unpaired) electrons. The molecule has 2 aromatic heterocycles. The van der Waals surface area contributed by atoms with Crippen molar-refractivity contribution in [3.8, 4) is 0 Å². The summed E-state index contributed by atoms with van der Waals surface area (Å²) in [5.41, 5.74) is 2.30. The van der Waals surface area contributed by atoms with E-state index in [0.717, 1.165) is 24.0 Å². The van der Waals surface area contributed by atoms with E-state index < -0.39 is 0 Å². The highest BCUT2D eigenvalue weighted by Gasteiger charge is 2.05. The maximum atomic E-state index is 11.9. The van der Waals surface area contributed by atoms with E-state index in [1.165, 1.54) is 18.3 Å². The molecule has 0 aliphatic carbocycles. The van der Waals surface area contributed by atoms with Crippen LogP contribution < -0.4 is 10.9 Å². The normalized spacial score (nSPS) is 10.7. The number of imidazole rings is 1. The molecule has 22 heavy (non-hydrogen) atoms. The highest BCUT2D eigenvalue weighted by Crippen LogP contribution is 2.11. The van der Waals surface area contributed by atoms with Gasteiger partial charge in [0.05, 0.1) is 22.9 Å². The minimum atomic E-state index is -0.219. The van der Waals surface area contributed by atoms with Gasteiger partial charge in [-0.2, -0.15) is 0 Å². The Hall–Kier alpha value is -2.89. The summed E-state index contributed by atoms with van der Waals surface area (Å²) in [5.74, 6) is -0.188. The second kappa shape index (κ2) is 6.26. The van der Waals surface area contributed by atoms with Crippen LogP contribution in [-0.2, 0) is 6.54 Å². The molecule has 0 fully saturated rings. The Kier molecular flexibility index (Phi) is 4.00. The number of hydrogen-bond acceptors (Lipinski definition) is 3. The Balaban J connectivity index is 1.52. The molecule has 3 aromatic rings. The number of aromatic nitrogens is 3. The summed E-state index contributed by atoms with van der Waals surface area (Å²) < 4.78 is 2.07. The van der Waals surface area contributed by atoms with E-state index in [4.69, 9.17) is 0 Å². The molecule has 0 unspecified atom stereocenters. The van der Waals surface area contributed by atoms with Gasteiger partial charge in [0.2, 0.25) is 5.56 Å². The van der Waals surface area contributed by atoms with Gasteiger partial charge in [0.15, 0.2) is 0 Å². The minimum Gasteiger partial charge on any atom is -0.352 e. The zero-order valence-corrected chi connectivity index (χ0v) is 12.0. The van der Waals surface area contributed by atoms with Gasteiger partial charge in [0.25, 0.3) is 5.91 Å². The van der Waals surface area contributed by atoms with E-state index in [0.29, 0.717) is 12.1 Å². The first-order valence-corrected chi connectivity index (χ1v) is 7.11. The summed E-state index contributed by atoms with van der Waals surface area (Å²) in [6.45, 7) is 1.34. The van der Waals surface area contributed by atoms with Crippen molar-refractivity contribution in [3.05, 3.63) is 64.8 Å². The number of H-pyrrole nitrogens is 1. The van der Waals surface area contributed by atoms with Crippen molar-refractivity contribution in [1.82, 2.24) is 19.9 Å². The van der Waals surface area contributed by atoms with E-state index in [9.17, 15) is 9.59 Å². The molecule has 0 saturated carbocycles. The number of fused-ring (bicyclic) bond motifs is 1. The molecule has 1 aromatic carbocycles. The number of rotatable bonds is 5. The fourth-order valence-electron chi connectivity index (χ4n) is 2.29. The van der Waals surface area contributed by atoms with Crippen LogP contribution in [0.25, 0.3) is 11.0 Å². The van der Waals surface area contributed by atoms with Crippen LogP contribution in [0, 0.1) is 0 Å². The topological polar surface area (TPSA) is 79.8 Å². The lowest BCUT2D eigenvalue weighted by Gasteiger charge is -2.06. The van der Waals surface area contributed by atoms with E-state index in [1.54, 1.807) is 0 Å². The Morgan fingerprint density at radius 2 is 2.09 bits per heavy atom. The third-order valence-electron chi connectivity index (χ3n) is 3.44. The highest BCUT2D eigenvalue weighted by atomic mass is 16.1. The third-order valence-corrected chi connectivity index (χ3v) is 3.44. The van der Waals surface area contributed by atoms with Crippen LogP contribution in [0.3, 0.4) is 0 Å². The van der Waals surface area contributed by atoms with Gasteiger partial charge in [-0.05, 0) is 24.6 Å². The van der Waals surface area contributed by atoms with Gasteiger partial charge in [0.1, 0.15) is 0 Å². The smallest absolute Gasteiger partial charge is 0.252 e. The van der Waals surface area contributed by atoms with Crippen molar-refractivity contribution < 1.29 is 4.79 Å². The Morgan fingerprint density at radius 1 is 1.23 bits per heavy atom. The van der Waals surface area contributed by atoms with Crippen molar-refractivity contribution in [1.29, 1.82) is 0 Å². The van der Waals surface area contributed by atoms with E-state index >= 15 is 0 Å². The van der Waals surface area contributed by atoms with Crippen molar-refractivity contribution in [2.45, 2.75) is 13.0 Å². The quantitative estimate of drug-likeness (QED) is 0.701. The van der Waals surface area contributed by atoms with Crippen LogP contribution in [0.4, 0.5) is 0 Å². The maximum absolute atomic E-state index is 11.9. The number of hydrogen-bond donors (Lipinski definition) is 2. The second-order valence-corrected chi connectivity index (χ2v) is 4.98. The first kappa shape index (κ1) is 14.1. The molecule has 2 heterocycles. The van der Waals surface area contributed by atoms with Crippen molar-refractivity contribution in [2.24, 2.45) is 0 Å². The second-order valence-electron chi connectivity index (χ2n) is 4.98.